The highest BCUT2D eigenvalue weighted by molar-refractivity contribution is 7.08. The molecule has 3 heterocycles. The van der Waals surface area contributed by atoms with Gasteiger partial charge < -0.3 is 0 Å². The maximum Gasteiger partial charge on any atom is 0.108 e. The average molecular weight is 380 g/mol. The summed E-state index contributed by atoms with van der Waals surface area (Å²) in [4.78, 5) is 9.15. The molecular formula is C23H16N4S. The number of pyridine rings is 1. The van der Waals surface area contributed by atoms with Gasteiger partial charge in [0, 0.05) is 17.5 Å². The van der Waals surface area contributed by atoms with Crippen LogP contribution in [0.25, 0.3) is 38.8 Å². The lowest BCUT2D eigenvalue weighted by atomic mass is 10.1. The van der Waals surface area contributed by atoms with Crippen LogP contribution in [-0.4, -0.2) is 14.5 Å². The second-order valence-electron chi connectivity index (χ2n) is 6.68. The van der Waals surface area contributed by atoms with E-state index in [2.05, 4.69) is 79.9 Å². The first-order valence-electron chi connectivity index (χ1n) is 9.08. The van der Waals surface area contributed by atoms with Crippen LogP contribution in [0.5, 0.6) is 0 Å². The van der Waals surface area contributed by atoms with Gasteiger partial charge in [0.2, 0.25) is 0 Å². The van der Waals surface area contributed by atoms with Gasteiger partial charge in [0.25, 0.3) is 0 Å². The number of hydrogen-bond donors (Lipinski definition) is 0. The molecule has 28 heavy (non-hydrogen) atoms. The van der Waals surface area contributed by atoms with E-state index in [-0.39, 0.29) is 0 Å². The van der Waals surface area contributed by atoms with Crippen molar-refractivity contribution in [2.75, 3.05) is 0 Å². The van der Waals surface area contributed by atoms with Crippen molar-refractivity contribution in [1.82, 2.24) is 14.5 Å². The van der Waals surface area contributed by atoms with Crippen molar-refractivity contribution in [3.63, 3.8) is 0 Å². The van der Waals surface area contributed by atoms with Crippen molar-refractivity contribution in [2.24, 2.45) is 0 Å². The number of aromatic nitrogens is 3. The minimum atomic E-state index is 0.537. The molecule has 0 amide bonds. The van der Waals surface area contributed by atoms with Gasteiger partial charge in [0.05, 0.1) is 23.3 Å². The molecule has 0 aliphatic carbocycles. The Labute approximate surface area is 166 Å². The SMILES string of the molecule is N#CCCc1ccc(-n2cnc3cnc4ccc(-c5ccsc5)cc4c32)cc1. The molecule has 3 aromatic heterocycles. The summed E-state index contributed by atoms with van der Waals surface area (Å²) in [5.41, 5.74) is 7.52. The Morgan fingerprint density at radius 3 is 2.64 bits per heavy atom. The molecule has 0 N–H and O–H groups in total. The van der Waals surface area contributed by atoms with Crippen LogP contribution >= 0.6 is 11.3 Å². The number of thiophene rings is 1. The van der Waals surface area contributed by atoms with E-state index in [1.807, 2.05) is 12.5 Å². The van der Waals surface area contributed by atoms with Crippen LogP contribution < -0.4 is 0 Å². The Balaban J connectivity index is 1.67. The average Bonchev–Trinajstić information content (AvgIpc) is 3.42. The number of imidazole rings is 1. The standard InChI is InChI=1S/C23H16N4S/c24-10-1-2-16-3-6-19(7-4-16)27-15-26-22-13-25-21-8-5-17(12-20(21)23(22)27)18-9-11-28-14-18/h3-9,11-15H,1-2H2. The molecular weight excluding hydrogens is 364 g/mol. The first kappa shape index (κ1) is 16.7. The summed E-state index contributed by atoms with van der Waals surface area (Å²) in [6, 6.07) is 19.1. The molecule has 134 valence electrons. The Hall–Kier alpha value is -3.49. The van der Waals surface area contributed by atoms with E-state index in [9.17, 15) is 0 Å². The summed E-state index contributed by atoms with van der Waals surface area (Å²) in [6.45, 7) is 0. The van der Waals surface area contributed by atoms with Crippen molar-refractivity contribution in [2.45, 2.75) is 12.8 Å². The minimum Gasteiger partial charge on any atom is -0.298 e. The number of hydrogen-bond acceptors (Lipinski definition) is 4. The molecule has 0 aliphatic rings. The van der Waals surface area contributed by atoms with Crippen LogP contribution in [0.3, 0.4) is 0 Å². The normalized spacial score (nSPS) is 11.1. The summed E-state index contributed by atoms with van der Waals surface area (Å²) in [5, 5.41) is 14.1. The van der Waals surface area contributed by atoms with Gasteiger partial charge in [-0.2, -0.15) is 16.6 Å². The molecule has 0 atom stereocenters. The minimum absolute atomic E-state index is 0.537. The molecule has 0 radical (unpaired) electrons. The first-order valence-corrected chi connectivity index (χ1v) is 10.0. The third-order valence-corrected chi connectivity index (χ3v) is 5.65. The Morgan fingerprint density at radius 1 is 0.964 bits per heavy atom. The zero-order chi connectivity index (χ0) is 18.9. The maximum atomic E-state index is 8.77. The van der Waals surface area contributed by atoms with Crippen LogP contribution in [0.1, 0.15) is 12.0 Å². The van der Waals surface area contributed by atoms with Gasteiger partial charge in [-0.05, 0) is 64.2 Å². The van der Waals surface area contributed by atoms with Gasteiger partial charge in [-0.15, -0.1) is 0 Å². The van der Waals surface area contributed by atoms with Crippen LogP contribution in [0.4, 0.5) is 0 Å². The van der Waals surface area contributed by atoms with E-state index in [1.54, 1.807) is 11.3 Å². The fourth-order valence-electron chi connectivity index (χ4n) is 3.52. The summed E-state index contributed by atoms with van der Waals surface area (Å²) >= 11 is 1.70. The molecule has 0 aliphatic heterocycles. The van der Waals surface area contributed by atoms with Crippen LogP contribution in [0, 0.1) is 11.3 Å². The molecule has 5 heteroatoms. The number of fused-ring (bicyclic) bond motifs is 3. The quantitative estimate of drug-likeness (QED) is 0.398. The zero-order valence-electron chi connectivity index (χ0n) is 15.0. The Morgan fingerprint density at radius 2 is 1.86 bits per heavy atom. The highest BCUT2D eigenvalue weighted by atomic mass is 32.1. The van der Waals surface area contributed by atoms with E-state index < -0.39 is 0 Å². The van der Waals surface area contributed by atoms with Crippen molar-refractivity contribution in [3.8, 4) is 22.9 Å². The van der Waals surface area contributed by atoms with Crippen molar-refractivity contribution in [3.05, 3.63) is 77.4 Å². The fourth-order valence-corrected chi connectivity index (χ4v) is 4.19. The van der Waals surface area contributed by atoms with Gasteiger partial charge in [0.15, 0.2) is 0 Å². The lowest BCUT2D eigenvalue weighted by Crippen LogP contribution is -1.94. The van der Waals surface area contributed by atoms with Crippen molar-refractivity contribution < 1.29 is 0 Å². The summed E-state index contributed by atoms with van der Waals surface area (Å²) in [6.07, 6.45) is 5.00. The van der Waals surface area contributed by atoms with Crippen LogP contribution in [0.2, 0.25) is 0 Å². The predicted molar refractivity (Wildman–Crippen MR) is 114 cm³/mol. The molecule has 0 saturated heterocycles. The van der Waals surface area contributed by atoms with Crippen molar-refractivity contribution in [1.29, 1.82) is 5.26 Å². The number of rotatable bonds is 4. The summed E-state index contributed by atoms with van der Waals surface area (Å²) in [7, 11) is 0. The zero-order valence-corrected chi connectivity index (χ0v) is 15.9. The molecule has 0 spiro atoms. The highest BCUT2D eigenvalue weighted by Crippen LogP contribution is 2.30. The second-order valence-corrected chi connectivity index (χ2v) is 7.46. The monoisotopic (exact) mass is 380 g/mol. The molecule has 0 unspecified atom stereocenters. The van der Waals surface area contributed by atoms with Gasteiger partial charge in [-0.3, -0.25) is 9.55 Å². The van der Waals surface area contributed by atoms with Crippen LogP contribution in [-0.2, 0) is 6.42 Å². The first-order chi connectivity index (χ1) is 13.8. The van der Waals surface area contributed by atoms with E-state index in [4.69, 9.17) is 5.26 Å². The number of benzene rings is 2. The van der Waals surface area contributed by atoms with Gasteiger partial charge >= 0.3 is 0 Å². The fraction of sp³-hybridized carbons (Fsp3) is 0.0870. The van der Waals surface area contributed by atoms with Gasteiger partial charge in [-0.25, -0.2) is 4.98 Å². The summed E-state index contributed by atoms with van der Waals surface area (Å²) < 4.78 is 2.12. The van der Waals surface area contributed by atoms with E-state index in [0.717, 1.165) is 34.0 Å². The van der Waals surface area contributed by atoms with Gasteiger partial charge in [0.1, 0.15) is 11.8 Å². The van der Waals surface area contributed by atoms with E-state index >= 15 is 0 Å². The number of nitrogens with zero attached hydrogens (tertiary/aromatic N) is 4. The molecule has 0 bridgehead atoms. The third-order valence-electron chi connectivity index (χ3n) is 4.97. The molecule has 0 saturated carbocycles. The predicted octanol–water partition coefficient (Wildman–Crippen LogP) is 5.76. The topological polar surface area (TPSA) is 54.5 Å². The van der Waals surface area contributed by atoms with E-state index in [1.165, 1.54) is 16.7 Å². The summed E-state index contributed by atoms with van der Waals surface area (Å²) in [5.74, 6) is 0. The lowest BCUT2D eigenvalue weighted by molar-refractivity contribution is 1.00. The number of nitriles is 1. The molecule has 0 fully saturated rings. The molecule has 4 nitrogen and oxygen atoms in total. The molecule has 5 rings (SSSR count). The number of aryl methyl sites for hydroxylation is 1. The third kappa shape index (κ3) is 2.84. The highest BCUT2D eigenvalue weighted by Gasteiger charge is 2.11. The lowest BCUT2D eigenvalue weighted by Gasteiger charge is -2.09. The van der Waals surface area contributed by atoms with Crippen molar-refractivity contribution >= 4 is 33.3 Å². The van der Waals surface area contributed by atoms with Gasteiger partial charge in [-0.1, -0.05) is 18.2 Å². The second kappa shape index (κ2) is 6.91. The largest absolute Gasteiger partial charge is 0.298 e. The van der Waals surface area contributed by atoms with E-state index in [0.29, 0.717) is 6.42 Å². The molecule has 5 aromatic rings. The van der Waals surface area contributed by atoms with Crippen LogP contribution in [0.15, 0.2) is 71.8 Å². The molecule has 2 aromatic carbocycles. The Kier molecular flexibility index (Phi) is 4.12. The smallest absolute Gasteiger partial charge is 0.108 e. The maximum absolute atomic E-state index is 8.77. The Bertz CT molecular complexity index is 1310.